The number of hydrogen-bond donors (Lipinski definition) is 0. The van der Waals surface area contributed by atoms with E-state index in [0.29, 0.717) is 0 Å². The van der Waals surface area contributed by atoms with E-state index < -0.39 is 0 Å². The standard InChI is InChI=1S/4HI.4Li/h4*1H;;;;/q;;;;4*+1/p-4. The summed E-state index contributed by atoms with van der Waals surface area (Å²) in [5.74, 6) is 0. The Morgan fingerprint density at radius 3 is 0.250 bits per heavy atom. The van der Waals surface area contributed by atoms with Gasteiger partial charge in [0.15, 0.2) is 0 Å². The average Bonchev–Trinajstić information content (AvgIpc) is 0. The van der Waals surface area contributed by atoms with Crippen LogP contribution in [0.1, 0.15) is 0 Å². The number of halogens is 4. The quantitative estimate of drug-likeness (QED) is 0.214. The maximum absolute atomic E-state index is 0. The molecule has 0 saturated carbocycles. The molecule has 0 atom stereocenters. The average molecular weight is 535 g/mol. The van der Waals surface area contributed by atoms with Gasteiger partial charge in [-0.1, -0.05) is 0 Å². The minimum atomic E-state index is 0. The first-order valence-electron chi connectivity index (χ1n) is 0. The van der Waals surface area contributed by atoms with Gasteiger partial charge in [0.25, 0.3) is 0 Å². The van der Waals surface area contributed by atoms with E-state index in [9.17, 15) is 0 Å². The first-order chi connectivity index (χ1) is 0. The van der Waals surface area contributed by atoms with E-state index in [-0.39, 0.29) is 171 Å². The van der Waals surface area contributed by atoms with Crippen molar-refractivity contribution in [3.63, 3.8) is 0 Å². The summed E-state index contributed by atoms with van der Waals surface area (Å²) in [6, 6.07) is 0. The van der Waals surface area contributed by atoms with Crippen LogP contribution in [0.3, 0.4) is 0 Å². The van der Waals surface area contributed by atoms with Gasteiger partial charge < -0.3 is 95.9 Å². The van der Waals surface area contributed by atoms with Gasteiger partial charge in [0.1, 0.15) is 0 Å². The van der Waals surface area contributed by atoms with E-state index >= 15 is 0 Å². The van der Waals surface area contributed by atoms with Crippen molar-refractivity contribution in [3.05, 3.63) is 0 Å². The molecule has 0 radical (unpaired) electrons. The molecular weight excluding hydrogens is 535 g/mol. The van der Waals surface area contributed by atoms with Crippen LogP contribution in [0.25, 0.3) is 0 Å². The summed E-state index contributed by atoms with van der Waals surface area (Å²) in [7, 11) is 0. The molecule has 8 heavy (non-hydrogen) atoms. The van der Waals surface area contributed by atoms with Crippen molar-refractivity contribution in [2.45, 2.75) is 0 Å². The second-order valence-corrected chi connectivity index (χ2v) is 0. The van der Waals surface area contributed by atoms with Crippen molar-refractivity contribution >= 4 is 0 Å². The molecule has 0 bridgehead atoms. The van der Waals surface area contributed by atoms with Crippen molar-refractivity contribution in [1.29, 1.82) is 0 Å². The first kappa shape index (κ1) is 71.5. The normalized spacial score (nSPS) is 0. The maximum atomic E-state index is 0. The molecular formula is I4Li4. The van der Waals surface area contributed by atoms with Gasteiger partial charge in [0.05, 0.1) is 0 Å². The van der Waals surface area contributed by atoms with Crippen molar-refractivity contribution in [2.24, 2.45) is 0 Å². The molecule has 0 aromatic heterocycles. The predicted octanol–water partition coefficient (Wildman–Crippen LogP) is -24.0. The predicted molar refractivity (Wildman–Crippen MR) is 0 cm³/mol. The molecule has 0 aromatic rings. The minimum absolute atomic E-state index is 0. The Kier molecular flexibility index (Phi) is 499. The fourth-order valence-electron chi connectivity index (χ4n) is 0. The van der Waals surface area contributed by atoms with Crippen LogP contribution in [0.15, 0.2) is 0 Å². The minimum Gasteiger partial charge on any atom is -1.00 e. The van der Waals surface area contributed by atoms with Crippen LogP contribution in [0.2, 0.25) is 0 Å². The van der Waals surface area contributed by atoms with E-state index in [1.165, 1.54) is 0 Å². The molecule has 0 fully saturated rings. The largest absolute Gasteiger partial charge is 1.00 e. The van der Waals surface area contributed by atoms with Gasteiger partial charge in [-0.3, -0.25) is 0 Å². The van der Waals surface area contributed by atoms with Crippen LogP contribution in [0.5, 0.6) is 0 Å². The molecule has 0 amide bonds. The molecule has 8 heteroatoms. The molecule has 0 unspecified atom stereocenters. The molecule has 0 N–H and O–H groups in total. The van der Waals surface area contributed by atoms with Crippen molar-refractivity contribution in [3.8, 4) is 0 Å². The fraction of sp³-hybridized carbons (Fsp3) is 0. The van der Waals surface area contributed by atoms with Crippen LogP contribution in [0.4, 0.5) is 0 Å². The van der Waals surface area contributed by atoms with Gasteiger partial charge >= 0.3 is 75.4 Å². The Morgan fingerprint density at radius 2 is 0.250 bits per heavy atom. The van der Waals surface area contributed by atoms with Crippen molar-refractivity contribution < 1.29 is 171 Å². The smallest absolute Gasteiger partial charge is 1.00 e. The molecule has 0 aliphatic heterocycles. The molecule has 0 heterocycles. The van der Waals surface area contributed by atoms with E-state index in [4.69, 9.17) is 0 Å². The molecule has 0 spiro atoms. The van der Waals surface area contributed by atoms with Gasteiger partial charge in [-0.2, -0.15) is 0 Å². The van der Waals surface area contributed by atoms with Gasteiger partial charge in [-0.25, -0.2) is 0 Å². The molecule has 0 aliphatic rings. The zero-order chi connectivity index (χ0) is 0. The molecule has 0 nitrogen and oxygen atoms in total. The zero-order valence-electron chi connectivity index (χ0n) is 5.51. The van der Waals surface area contributed by atoms with Gasteiger partial charge in [0, 0.05) is 0 Å². The molecule has 0 aliphatic carbocycles. The van der Waals surface area contributed by atoms with E-state index in [1.54, 1.807) is 0 Å². The topological polar surface area (TPSA) is 0 Å². The molecule has 32 valence electrons. The summed E-state index contributed by atoms with van der Waals surface area (Å²) in [4.78, 5) is 0. The van der Waals surface area contributed by atoms with Crippen LogP contribution in [-0.2, 0) is 0 Å². The number of hydrogen-bond acceptors (Lipinski definition) is 0. The second kappa shape index (κ2) is 55.8. The summed E-state index contributed by atoms with van der Waals surface area (Å²) in [5.41, 5.74) is 0. The summed E-state index contributed by atoms with van der Waals surface area (Å²) >= 11 is 0. The first-order valence-corrected chi connectivity index (χ1v) is 0. The monoisotopic (exact) mass is 536 g/mol. The number of rotatable bonds is 0. The van der Waals surface area contributed by atoms with Crippen LogP contribution >= 0.6 is 0 Å². The third kappa shape index (κ3) is 42.6. The van der Waals surface area contributed by atoms with E-state index in [2.05, 4.69) is 0 Å². The van der Waals surface area contributed by atoms with Crippen LogP contribution in [0, 0.1) is 0 Å². The van der Waals surface area contributed by atoms with Crippen molar-refractivity contribution in [2.75, 3.05) is 0 Å². The molecule has 0 saturated heterocycles. The van der Waals surface area contributed by atoms with E-state index in [0.717, 1.165) is 0 Å². The summed E-state index contributed by atoms with van der Waals surface area (Å²) < 4.78 is 0. The SMILES string of the molecule is [I-].[I-].[I-].[I-].[Li+].[Li+].[Li+].[Li+]. The van der Waals surface area contributed by atoms with Gasteiger partial charge in [-0.05, 0) is 0 Å². The van der Waals surface area contributed by atoms with Crippen LogP contribution in [-0.4, -0.2) is 0 Å². The third-order valence-corrected chi connectivity index (χ3v) is 0. The van der Waals surface area contributed by atoms with Gasteiger partial charge in [-0.15, -0.1) is 0 Å². The second-order valence-electron chi connectivity index (χ2n) is 0. The summed E-state index contributed by atoms with van der Waals surface area (Å²) in [6.07, 6.45) is 0. The Morgan fingerprint density at radius 1 is 0.250 bits per heavy atom. The Bertz CT molecular complexity index is 8.00. The third-order valence-electron chi connectivity index (χ3n) is 0. The van der Waals surface area contributed by atoms with Crippen LogP contribution < -0.4 is 171 Å². The molecule has 0 aromatic carbocycles. The summed E-state index contributed by atoms with van der Waals surface area (Å²) in [5, 5.41) is 0. The Balaban J connectivity index is 0. The van der Waals surface area contributed by atoms with E-state index in [1.807, 2.05) is 0 Å². The summed E-state index contributed by atoms with van der Waals surface area (Å²) in [6.45, 7) is 0. The fourth-order valence-corrected chi connectivity index (χ4v) is 0. The van der Waals surface area contributed by atoms with Crippen molar-refractivity contribution in [1.82, 2.24) is 0 Å². The van der Waals surface area contributed by atoms with Gasteiger partial charge in [0.2, 0.25) is 0 Å². The Labute approximate surface area is 167 Å². The zero-order valence-corrected chi connectivity index (χ0v) is 14.1. The maximum Gasteiger partial charge on any atom is 1.00 e. The Hall–Kier alpha value is 5.31. The molecule has 0 rings (SSSR count).